The van der Waals surface area contributed by atoms with Crippen LogP contribution in [0.5, 0.6) is 0 Å². The number of carboxylic acids is 1. The van der Waals surface area contributed by atoms with Crippen LogP contribution in [-0.4, -0.2) is 41.3 Å². The molecule has 1 atom stereocenters. The molecule has 0 bridgehead atoms. The van der Waals surface area contributed by atoms with Crippen molar-refractivity contribution in [2.75, 3.05) is 6.54 Å². The van der Waals surface area contributed by atoms with Crippen LogP contribution in [0.15, 0.2) is 30.3 Å². The number of carbonyl (C=O) groups excluding carboxylic acids is 3. The summed E-state index contributed by atoms with van der Waals surface area (Å²) in [5.74, 6) is -2.32. The molecule has 0 saturated carbocycles. The number of ketones is 1. The molecule has 0 unspecified atom stereocenters. The Kier molecular flexibility index (Phi) is 7.45. The van der Waals surface area contributed by atoms with Crippen molar-refractivity contribution in [2.45, 2.75) is 32.2 Å². The van der Waals surface area contributed by atoms with E-state index in [-0.39, 0.29) is 25.2 Å². The van der Waals surface area contributed by atoms with Crippen LogP contribution >= 0.6 is 0 Å². The Labute approximate surface area is 134 Å². The minimum Gasteiger partial charge on any atom is -0.480 e. The summed E-state index contributed by atoms with van der Waals surface area (Å²) in [5.41, 5.74) is 0.406. The van der Waals surface area contributed by atoms with Gasteiger partial charge in [-0.1, -0.05) is 25.1 Å². The number of benzene rings is 1. The van der Waals surface area contributed by atoms with Gasteiger partial charge in [-0.25, -0.2) is 4.79 Å². The van der Waals surface area contributed by atoms with Crippen molar-refractivity contribution in [3.05, 3.63) is 35.9 Å². The van der Waals surface area contributed by atoms with Gasteiger partial charge in [0.1, 0.15) is 11.8 Å². The minimum atomic E-state index is -1.21. The first kappa shape index (κ1) is 18.3. The van der Waals surface area contributed by atoms with Crippen LogP contribution in [0.25, 0.3) is 0 Å². The molecule has 0 aliphatic rings. The summed E-state index contributed by atoms with van der Waals surface area (Å²) in [6.07, 6.45) is 0.442. The van der Waals surface area contributed by atoms with Gasteiger partial charge in [-0.2, -0.15) is 0 Å². The van der Waals surface area contributed by atoms with E-state index in [1.54, 1.807) is 37.3 Å². The largest absolute Gasteiger partial charge is 0.480 e. The average Bonchev–Trinajstić information content (AvgIpc) is 2.56. The predicted octanol–water partition coefficient (Wildman–Crippen LogP) is 0.745. The van der Waals surface area contributed by atoms with Crippen LogP contribution < -0.4 is 10.6 Å². The molecule has 0 spiro atoms. The highest BCUT2D eigenvalue weighted by Gasteiger charge is 2.20. The van der Waals surface area contributed by atoms with Crippen LogP contribution in [0, 0.1) is 0 Å². The van der Waals surface area contributed by atoms with E-state index in [2.05, 4.69) is 10.6 Å². The second-order valence-electron chi connectivity index (χ2n) is 4.94. The first-order valence-electron chi connectivity index (χ1n) is 7.31. The Bertz CT molecular complexity index is 571. The molecule has 0 saturated heterocycles. The lowest BCUT2D eigenvalue weighted by molar-refractivity contribution is -0.142. The van der Waals surface area contributed by atoms with Crippen LogP contribution in [0.4, 0.5) is 0 Å². The average molecular weight is 320 g/mol. The maximum Gasteiger partial charge on any atom is 0.326 e. The molecule has 0 aromatic heterocycles. The number of carboxylic acid groups (broad SMARTS) is 1. The van der Waals surface area contributed by atoms with Gasteiger partial charge < -0.3 is 15.7 Å². The van der Waals surface area contributed by atoms with Crippen molar-refractivity contribution in [3.63, 3.8) is 0 Å². The van der Waals surface area contributed by atoms with Crippen molar-refractivity contribution in [2.24, 2.45) is 0 Å². The molecule has 0 aliphatic heterocycles. The fourth-order valence-corrected chi connectivity index (χ4v) is 1.84. The van der Waals surface area contributed by atoms with Crippen LogP contribution in [0.2, 0.25) is 0 Å². The third-order valence-corrected chi connectivity index (χ3v) is 3.18. The second-order valence-corrected chi connectivity index (χ2v) is 4.94. The number of Topliss-reactive ketones (excluding diaryl/α,β-unsaturated/α-hetero) is 1. The number of aliphatic carboxylic acids is 1. The normalized spacial score (nSPS) is 11.3. The Balaban J connectivity index is 2.45. The van der Waals surface area contributed by atoms with Crippen LogP contribution in [0.1, 0.15) is 36.5 Å². The Morgan fingerprint density at radius 2 is 1.78 bits per heavy atom. The zero-order valence-electron chi connectivity index (χ0n) is 12.9. The predicted molar refractivity (Wildman–Crippen MR) is 82.9 cm³/mol. The van der Waals surface area contributed by atoms with Crippen molar-refractivity contribution in [1.82, 2.24) is 10.6 Å². The lowest BCUT2D eigenvalue weighted by atomic mass is 10.1. The van der Waals surface area contributed by atoms with E-state index in [4.69, 9.17) is 5.11 Å². The van der Waals surface area contributed by atoms with Gasteiger partial charge in [-0.05, 0) is 18.6 Å². The number of nitrogens with one attached hydrogen (secondary N) is 2. The molecule has 1 rings (SSSR count). The molecular formula is C16H20N2O5. The molecule has 124 valence electrons. The summed E-state index contributed by atoms with van der Waals surface area (Å²) >= 11 is 0. The third-order valence-electron chi connectivity index (χ3n) is 3.18. The van der Waals surface area contributed by atoms with Gasteiger partial charge in [0.25, 0.3) is 5.91 Å². The van der Waals surface area contributed by atoms with E-state index in [0.29, 0.717) is 12.0 Å². The van der Waals surface area contributed by atoms with Gasteiger partial charge in [0.05, 0.1) is 6.54 Å². The highest BCUT2D eigenvalue weighted by Crippen LogP contribution is 2.01. The molecular weight excluding hydrogens is 300 g/mol. The molecule has 0 fully saturated rings. The molecule has 7 heteroatoms. The topological polar surface area (TPSA) is 113 Å². The Morgan fingerprint density at radius 1 is 1.13 bits per heavy atom. The molecule has 3 N–H and O–H groups in total. The maximum atomic E-state index is 11.8. The Morgan fingerprint density at radius 3 is 2.35 bits per heavy atom. The molecule has 0 radical (unpaired) electrons. The number of hydrogen-bond acceptors (Lipinski definition) is 4. The molecule has 1 aromatic rings. The molecule has 23 heavy (non-hydrogen) atoms. The van der Waals surface area contributed by atoms with Crippen molar-refractivity contribution < 1.29 is 24.3 Å². The smallest absolute Gasteiger partial charge is 0.326 e. The zero-order valence-corrected chi connectivity index (χ0v) is 12.9. The van der Waals surface area contributed by atoms with E-state index >= 15 is 0 Å². The molecule has 7 nitrogen and oxygen atoms in total. The van der Waals surface area contributed by atoms with Gasteiger partial charge in [0, 0.05) is 18.4 Å². The summed E-state index contributed by atoms with van der Waals surface area (Å²) in [6.45, 7) is 1.36. The summed E-state index contributed by atoms with van der Waals surface area (Å²) in [7, 11) is 0. The van der Waals surface area contributed by atoms with E-state index < -0.39 is 23.8 Å². The SMILES string of the molecule is CCC(=O)CC[C@H](NC(=O)CNC(=O)c1ccccc1)C(=O)O. The van der Waals surface area contributed by atoms with Crippen molar-refractivity contribution >= 4 is 23.6 Å². The lowest BCUT2D eigenvalue weighted by Crippen LogP contribution is -2.45. The first-order valence-corrected chi connectivity index (χ1v) is 7.31. The first-order chi connectivity index (χ1) is 10.9. The van der Waals surface area contributed by atoms with Gasteiger partial charge in [-0.15, -0.1) is 0 Å². The molecule has 2 amide bonds. The summed E-state index contributed by atoms with van der Waals surface area (Å²) in [6, 6.07) is 7.21. The summed E-state index contributed by atoms with van der Waals surface area (Å²) in [4.78, 5) is 45.8. The number of rotatable bonds is 9. The lowest BCUT2D eigenvalue weighted by Gasteiger charge is -2.14. The van der Waals surface area contributed by atoms with E-state index in [1.807, 2.05) is 0 Å². The van der Waals surface area contributed by atoms with Gasteiger partial charge in [-0.3, -0.25) is 14.4 Å². The maximum absolute atomic E-state index is 11.8. The van der Waals surface area contributed by atoms with Crippen LogP contribution in [-0.2, 0) is 14.4 Å². The fourth-order valence-electron chi connectivity index (χ4n) is 1.84. The monoisotopic (exact) mass is 320 g/mol. The summed E-state index contributed by atoms with van der Waals surface area (Å²) in [5, 5.41) is 13.8. The van der Waals surface area contributed by atoms with Gasteiger partial charge >= 0.3 is 5.97 Å². The number of hydrogen-bond donors (Lipinski definition) is 3. The standard InChI is InChI=1S/C16H20N2O5/c1-2-12(19)8-9-13(16(22)23)18-14(20)10-17-15(21)11-6-4-3-5-7-11/h3-7,13H,2,8-10H2,1H3,(H,17,21)(H,18,20)(H,22,23)/t13-/m0/s1. The van der Waals surface area contributed by atoms with Gasteiger partial charge in [0.2, 0.25) is 5.91 Å². The highest BCUT2D eigenvalue weighted by molar-refractivity contribution is 5.96. The quantitative estimate of drug-likeness (QED) is 0.621. The van der Waals surface area contributed by atoms with E-state index in [1.165, 1.54) is 0 Å². The second kappa shape index (κ2) is 9.34. The highest BCUT2D eigenvalue weighted by atomic mass is 16.4. The van der Waals surface area contributed by atoms with E-state index in [9.17, 15) is 19.2 Å². The third kappa shape index (κ3) is 6.73. The fraction of sp³-hybridized carbons (Fsp3) is 0.375. The van der Waals surface area contributed by atoms with E-state index in [0.717, 1.165) is 0 Å². The van der Waals surface area contributed by atoms with Crippen LogP contribution in [0.3, 0.4) is 0 Å². The Hall–Kier alpha value is -2.70. The molecule has 0 aliphatic carbocycles. The van der Waals surface area contributed by atoms with Gasteiger partial charge in [0.15, 0.2) is 0 Å². The molecule has 1 aromatic carbocycles. The van der Waals surface area contributed by atoms with Crippen molar-refractivity contribution in [1.29, 1.82) is 0 Å². The minimum absolute atomic E-state index is 0.0282. The van der Waals surface area contributed by atoms with Crippen molar-refractivity contribution in [3.8, 4) is 0 Å². The number of carbonyl (C=O) groups is 4. The number of amides is 2. The zero-order chi connectivity index (χ0) is 17.2. The molecule has 0 heterocycles. The summed E-state index contributed by atoms with van der Waals surface area (Å²) < 4.78 is 0.